The van der Waals surface area contributed by atoms with Crippen molar-refractivity contribution in [1.82, 2.24) is 0 Å². The van der Waals surface area contributed by atoms with Gasteiger partial charge in [0.2, 0.25) is 0 Å². The molecule has 3 aliphatic carbocycles. The molecule has 0 radical (unpaired) electrons. The third kappa shape index (κ3) is 1.82. The number of hydrogen-bond donors (Lipinski definition) is 2. The average Bonchev–Trinajstić information content (AvgIpc) is 2.77. The maximum absolute atomic E-state index is 12.0. The van der Waals surface area contributed by atoms with Gasteiger partial charge in [-0.25, -0.2) is 8.42 Å². The molecule has 3 N–H and O–H groups in total. The van der Waals surface area contributed by atoms with Crippen LogP contribution in [-0.2, 0) is 9.84 Å². The van der Waals surface area contributed by atoms with Crippen LogP contribution in [0.4, 0.5) is 10.7 Å². The van der Waals surface area contributed by atoms with Crippen molar-refractivity contribution < 1.29 is 8.42 Å². The Morgan fingerprint density at radius 2 is 1.95 bits per heavy atom. The summed E-state index contributed by atoms with van der Waals surface area (Å²) in [6, 6.07) is 2.37. The number of nitrogens with zero attached hydrogens (tertiary/aromatic N) is 1. The first kappa shape index (κ1) is 13.4. The summed E-state index contributed by atoms with van der Waals surface area (Å²) < 4.78 is 23.9. The van der Waals surface area contributed by atoms with Gasteiger partial charge >= 0.3 is 0 Å². The van der Waals surface area contributed by atoms with Crippen molar-refractivity contribution in [1.29, 1.82) is 5.26 Å². The highest BCUT2D eigenvalue weighted by Gasteiger charge is 2.65. The zero-order valence-electron chi connectivity index (χ0n) is 11.7. The predicted octanol–water partition coefficient (Wildman–Crippen LogP) is 2.06. The summed E-state index contributed by atoms with van der Waals surface area (Å²) >= 11 is 1.17. The molecule has 112 valence electrons. The fourth-order valence-electron chi connectivity index (χ4n) is 4.64. The number of nitrogens with one attached hydrogen (secondary N) is 1. The minimum atomic E-state index is -3.43. The molecule has 4 atom stereocenters. The Kier molecular flexibility index (Phi) is 2.64. The number of nitrogens with two attached hydrogens (primary N) is 1. The lowest BCUT2D eigenvalue weighted by molar-refractivity contribution is 0.456. The Morgan fingerprint density at radius 1 is 1.33 bits per heavy atom. The van der Waals surface area contributed by atoms with Gasteiger partial charge in [0.05, 0.1) is 5.69 Å². The van der Waals surface area contributed by atoms with Crippen molar-refractivity contribution in [2.45, 2.75) is 30.2 Å². The molecule has 0 aromatic carbocycles. The van der Waals surface area contributed by atoms with Crippen LogP contribution in [0.25, 0.3) is 0 Å². The lowest BCUT2D eigenvalue weighted by Crippen LogP contribution is -2.14. The van der Waals surface area contributed by atoms with E-state index in [1.54, 1.807) is 0 Å². The second-order valence-corrected chi connectivity index (χ2v) is 9.52. The van der Waals surface area contributed by atoms with Crippen LogP contribution in [0.15, 0.2) is 4.90 Å². The van der Waals surface area contributed by atoms with Gasteiger partial charge in [-0.05, 0) is 42.9 Å². The number of fused-ring (bicyclic) bond motifs is 5. The topological polar surface area (TPSA) is 96.0 Å². The maximum Gasteiger partial charge on any atom is 0.180 e. The molecule has 4 unspecified atom stereocenters. The molecule has 0 spiro atoms. The number of rotatable bonds is 3. The van der Waals surface area contributed by atoms with Crippen LogP contribution in [0.1, 0.15) is 24.1 Å². The monoisotopic (exact) mass is 323 g/mol. The molecule has 5 nitrogen and oxygen atoms in total. The Balaban J connectivity index is 1.66. The molecule has 21 heavy (non-hydrogen) atoms. The Labute approximate surface area is 128 Å². The van der Waals surface area contributed by atoms with Crippen LogP contribution >= 0.6 is 11.3 Å². The molecule has 3 saturated carbocycles. The number of anilines is 2. The van der Waals surface area contributed by atoms with E-state index in [0.717, 1.165) is 18.1 Å². The highest BCUT2D eigenvalue weighted by atomic mass is 32.2. The van der Waals surface area contributed by atoms with Crippen LogP contribution < -0.4 is 11.1 Å². The van der Waals surface area contributed by atoms with Crippen molar-refractivity contribution in [3.05, 3.63) is 4.88 Å². The van der Waals surface area contributed by atoms with Crippen molar-refractivity contribution in [3.63, 3.8) is 0 Å². The van der Waals surface area contributed by atoms with Gasteiger partial charge in [0.1, 0.15) is 20.8 Å². The summed E-state index contributed by atoms with van der Waals surface area (Å²) in [5.41, 5.74) is 5.95. The zero-order chi connectivity index (χ0) is 14.9. The van der Waals surface area contributed by atoms with Gasteiger partial charge in [0, 0.05) is 12.3 Å². The van der Waals surface area contributed by atoms with Gasteiger partial charge in [-0.3, -0.25) is 0 Å². The molecule has 0 amide bonds. The highest BCUT2D eigenvalue weighted by molar-refractivity contribution is 7.91. The van der Waals surface area contributed by atoms with E-state index in [-0.39, 0.29) is 15.5 Å². The summed E-state index contributed by atoms with van der Waals surface area (Å²) in [4.78, 5) is 0.396. The number of sulfone groups is 1. The highest BCUT2D eigenvalue weighted by Crippen LogP contribution is 2.66. The second-order valence-electron chi connectivity index (χ2n) is 6.55. The maximum atomic E-state index is 12.0. The SMILES string of the molecule is CS(=O)(=O)c1c(NC2C3C4CCC(C4)C23)sc(C#N)c1N. The summed E-state index contributed by atoms with van der Waals surface area (Å²) in [6.45, 7) is 0. The van der Waals surface area contributed by atoms with Gasteiger partial charge in [-0.1, -0.05) is 0 Å². The van der Waals surface area contributed by atoms with Crippen molar-refractivity contribution in [2.24, 2.45) is 23.7 Å². The lowest BCUT2D eigenvalue weighted by atomic mass is 10.0. The van der Waals surface area contributed by atoms with Crippen LogP contribution in [0.3, 0.4) is 0 Å². The fraction of sp³-hybridized carbons (Fsp3) is 0.643. The van der Waals surface area contributed by atoms with Crippen LogP contribution in [0.5, 0.6) is 0 Å². The Hall–Kier alpha value is -1.26. The average molecular weight is 323 g/mol. The van der Waals surface area contributed by atoms with Gasteiger partial charge in [0.25, 0.3) is 0 Å². The number of hydrogen-bond acceptors (Lipinski definition) is 6. The molecule has 1 aromatic rings. The molecule has 7 heteroatoms. The van der Waals surface area contributed by atoms with E-state index in [9.17, 15) is 8.42 Å². The third-order valence-electron chi connectivity index (χ3n) is 5.41. The fourth-order valence-corrected chi connectivity index (χ4v) is 7.05. The molecule has 0 saturated heterocycles. The van der Waals surface area contributed by atoms with Crippen LogP contribution in [0.2, 0.25) is 0 Å². The van der Waals surface area contributed by atoms with Gasteiger partial charge in [-0.15, -0.1) is 11.3 Å². The molecular weight excluding hydrogens is 306 g/mol. The van der Waals surface area contributed by atoms with Crippen molar-refractivity contribution in [3.8, 4) is 6.07 Å². The largest absolute Gasteiger partial charge is 0.396 e. The minimum Gasteiger partial charge on any atom is -0.396 e. The first-order chi connectivity index (χ1) is 9.91. The molecule has 1 heterocycles. The Morgan fingerprint density at radius 3 is 2.48 bits per heavy atom. The molecule has 4 rings (SSSR count). The quantitative estimate of drug-likeness (QED) is 0.887. The van der Waals surface area contributed by atoms with E-state index in [4.69, 9.17) is 11.0 Å². The second kappa shape index (κ2) is 4.14. The van der Waals surface area contributed by atoms with Crippen LogP contribution in [0, 0.1) is 35.0 Å². The molecule has 3 fully saturated rings. The standard InChI is InChI=1S/C14H17N3O2S2/c1-21(18,19)13-11(16)8(5-15)20-14(13)17-12-9-6-2-3-7(4-6)10(9)12/h6-7,9-10,12,17H,2-4,16H2,1H3. The van der Waals surface area contributed by atoms with Gasteiger partial charge in [0.15, 0.2) is 9.84 Å². The predicted molar refractivity (Wildman–Crippen MR) is 81.8 cm³/mol. The number of nitrogen functional groups attached to an aromatic ring is 1. The third-order valence-corrected chi connectivity index (χ3v) is 7.74. The molecule has 1 aromatic heterocycles. The van der Waals surface area contributed by atoms with Crippen LogP contribution in [-0.4, -0.2) is 20.7 Å². The first-order valence-corrected chi connectivity index (χ1v) is 9.91. The smallest absolute Gasteiger partial charge is 0.180 e. The minimum absolute atomic E-state index is 0.0984. The van der Waals surface area contributed by atoms with Gasteiger partial charge in [-0.2, -0.15) is 5.26 Å². The number of nitriles is 1. The first-order valence-electron chi connectivity index (χ1n) is 7.20. The van der Waals surface area contributed by atoms with E-state index in [0.29, 0.717) is 22.9 Å². The van der Waals surface area contributed by atoms with E-state index in [1.807, 2.05) is 6.07 Å². The van der Waals surface area contributed by atoms with Crippen molar-refractivity contribution in [2.75, 3.05) is 17.3 Å². The van der Waals surface area contributed by atoms with E-state index in [1.165, 1.54) is 30.6 Å². The van der Waals surface area contributed by atoms with E-state index < -0.39 is 9.84 Å². The molecule has 3 aliphatic rings. The summed E-state index contributed by atoms with van der Waals surface area (Å²) in [5.74, 6) is 3.02. The summed E-state index contributed by atoms with van der Waals surface area (Å²) in [5, 5.41) is 13.0. The van der Waals surface area contributed by atoms with Crippen molar-refractivity contribution >= 4 is 31.9 Å². The lowest BCUT2D eigenvalue weighted by Gasteiger charge is -2.11. The number of thiophene rings is 1. The van der Waals surface area contributed by atoms with E-state index in [2.05, 4.69) is 5.32 Å². The summed E-state index contributed by atoms with van der Waals surface area (Å²) in [7, 11) is -3.43. The molecule has 0 aliphatic heterocycles. The van der Waals surface area contributed by atoms with Gasteiger partial charge < -0.3 is 11.1 Å². The summed E-state index contributed by atoms with van der Waals surface area (Å²) in [6.07, 6.45) is 5.13. The molecule has 2 bridgehead atoms. The molecular formula is C14H17N3O2S2. The Bertz CT molecular complexity index is 746. The van der Waals surface area contributed by atoms with E-state index >= 15 is 0 Å². The zero-order valence-corrected chi connectivity index (χ0v) is 13.3. The normalized spacial score (nSPS) is 36.3.